The van der Waals surface area contributed by atoms with E-state index >= 15 is 0 Å². The molecule has 96 valence electrons. The van der Waals surface area contributed by atoms with E-state index in [-0.39, 0.29) is 5.82 Å². The molecule has 0 saturated heterocycles. The van der Waals surface area contributed by atoms with Crippen LogP contribution in [0.15, 0.2) is 29.2 Å². The molecule has 6 heteroatoms. The summed E-state index contributed by atoms with van der Waals surface area (Å²) in [5.41, 5.74) is 5.43. The second-order valence-electron chi connectivity index (χ2n) is 3.84. The first-order valence-electron chi connectivity index (χ1n) is 5.76. The van der Waals surface area contributed by atoms with Crippen molar-refractivity contribution in [2.45, 2.75) is 23.5 Å². The summed E-state index contributed by atoms with van der Waals surface area (Å²) in [7, 11) is 0. The van der Waals surface area contributed by atoms with E-state index in [0.717, 1.165) is 29.4 Å². The first kappa shape index (κ1) is 13.0. The molecule has 0 spiro atoms. The van der Waals surface area contributed by atoms with E-state index in [1.165, 1.54) is 23.9 Å². The summed E-state index contributed by atoms with van der Waals surface area (Å²) in [5.74, 6) is 2.02. The monoisotopic (exact) mass is 266 g/mol. The van der Waals surface area contributed by atoms with Gasteiger partial charge in [0.1, 0.15) is 11.6 Å². The van der Waals surface area contributed by atoms with Gasteiger partial charge < -0.3 is 5.73 Å². The van der Waals surface area contributed by atoms with E-state index in [1.807, 2.05) is 6.07 Å². The molecule has 0 aliphatic carbocycles. The van der Waals surface area contributed by atoms with E-state index in [1.54, 1.807) is 6.07 Å². The lowest BCUT2D eigenvalue weighted by Gasteiger charge is -1.98. The van der Waals surface area contributed by atoms with Gasteiger partial charge in [0.25, 0.3) is 0 Å². The summed E-state index contributed by atoms with van der Waals surface area (Å²) in [4.78, 5) is 5.23. The molecule has 1 aromatic heterocycles. The largest absolute Gasteiger partial charge is 0.330 e. The Labute approximate surface area is 109 Å². The Bertz CT molecular complexity index is 500. The van der Waals surface area contributed by atoms with Gasteiger partial charge in [0.2, 0.25) is 0 Å². The molecular formula is C12H15FN4S. The van der Waals surface area contributed by atoms with Gasteiger partial charge in [0, 0.05) is 11.3 Å². The summed E-state index contributed by atoms with van der Waals surface area (Å²) < 4.78 is 13.0. The molecule has 0 aliphatic heterocycles. The minimum atomic E-state index is -0.221. The summed E-state index contributed by atoms with van der Waals surface area (Å²) in [6.07, 6.45) is 1.67. The normalized spacial score (nSPS) is 10.8. The SMILES string of the molecule is NCCCc1n[nH]c(CSc2cccc(F)c2)n1. The fraction of sp³-hybridized carbons (Fsp3) is 0.333. The van der Waals surface area contributed by atoms with Crippen LogP contribution in [-0.2, 0) is 12.2 Å². The van der Waals surface area contributed by atoms with Gasteiger partial charge in [-0.25, -0.2) is 9.37 Å². The molecule has 0 aliphatic rings. The quantitative estimate of drug-likeness (QED) is 0.786. The third-order valence-electron chi connectivity index (χ3n) is 2.35. The summed E-state index contributed by atoms with van der Waals surface area (Å²) in [5, 5.41) is 6.99. The minimum Gasteiger partial charge on any atom is -0.330 e. The highest BCUT2D eigenvalue weighted by molar-refractivity contribution is 7.98. The number of aromatic nitrogens is 3. The molecule has 0 radical (unpaired) electrons. The molecular weight excluding hydrogens is 251 g/mol. The number of benzene rings is 1. The Morgan fingerprint density at radius 3 is 3.06 bits per heavy atom. The van der Waals surface area contributed by atoms with Crippen molar-refractivity contribution >= 4 is 11.8 Å². The predicted octanol–water partition coefficient (Wildman–Crippen LogP) is 2.13. The average Bonchev–Trinajstić information content (AvgIpc) is 2.82. The molecule has 18 heavy (non-hydrogen) atoms. The highest BCUT2D eigenvalue weighted by atomic mass is 32.2. The lowest BCUT2D eigenvalue weighted by Crippen LogP contribution is -2.01. The van der Waals surface area contributed by atoms with Gasteiger partial charge >= 0.3 is 0 Å². The topological polar surface area (TPSA) is 67.6 Å². The zero-order chi connectivity index (χ0) is 12.8. The minimum absolute atomic E-state index is 0.221. The zero-order valence-corrected chi connectivity index (χ0v) is 10.7. The van der Waals surface area contributed by atoms with Crippen molar-refractivity contribution in [1.82, 2.24) is 15.2 Å². The van der Waals surface area contributed by atoms with Gasteiger partial charge in [-0.3, -0.25) is 5.10 Å². The Hall–Kier alpha value is -1.40. The van der Waals surface area contributed by atoms with Crippen LogP contribution in [0.5, 0.6) is 0 Å². The summed E-state index contributed by atoms with van der Waals surface area (Å²) in [6.45, 7) is 0.641. The van der Waals surface area contributed by atoms with E-state index < -0.39 is 0 Å². The zero-order valence-electron chi connectivity index (χ0n) is 9.90. The van der Waals surface area contributed by atoms with Crippen LogP contribution < -0.4 is 5.73 Å². The molecule has 0 fully saturated rings. The van der Waals surface area contributed by atoms with Crippen molar-refractivity contribution in [3.05, 3.63) is 41.7 Å². The molecule has 2 aromatic rings. The fourth-order valence-electron chi connectivity index (χ4n) is 1.48. The van der Waals surface area contributed by atoms with Gasteiger partial charge in [0.05, 0.1) is 5.75 Å². The molecule has 1 aromatic carbocycles. The first-order chi connectivity index (χ1) is 8.78. The van der Waals surface area contributed by atoms with Gasteiger partial charge in [-0.05, 0) is 31.2 Å². The lowest BCUT2D eigenvalue weighted by atomic mass is 10.3. The number of hydrogen-bond acceptors (Lipinski definition) is 4. The van der Waals surface area contributed by atoms with Crippen molar-refractivity contribution in [2.75, 3.05) is 6.54 Å². The standard InChI is InChI=1S/C12H15FN4S/c13-9-3-1-4-10(7-9)18-8-12-15-11(16-17-12)5-2-6-14/h1,3-4,7H,2,5-6,8,14H2,(H,15,16,17). The number of nitrogens with zero attached hydrogens (tertiary/aromatic N) is 2. The van der Waals surface area contributed by atoms with Crippen LogP contribution >= 0.6 is 11.8 Å². The van der Waals surface area contributed by atoms with Crippen LogP contribution in [0.1, 0.15) is 18.1 Å². The van der Waals surface area contributed by atoms with Crippen molar-refractivity contribution in [2.24, 2.45) is 5.73 Å². The maximum absolute atomic E-state index is 13.0. The highest BCUT2D eigenvalue weighted by Crippen LogP contribution is 2.21. The van der Waals surface area contributed by atoms with Gasteiger partial charge in [-0.15, -0.1) is 11.8 Å². The van der Waals surface area contributed by atoms with E-state index in [9.17, 15) is 4.39 Å². The second kappa shape index (κ2) is 6.51. The number of hydrogen-bond donors (Lipinski definition) is 2. The molecule has 0 unspecified atom stereocenters. The molecule has 0 atom stereocenters. The fourth-order valence-corrected chi connectivity index (χ4v) is 2.28. The molecule has 1 heterocycles. The van der Waals surface area contributed by atoms with Gasteiger partial charge in [0.15, 0.2) is 5.82 Å². The Morgan fingerprint density at radius 1 is 1.39 bits per heavy atom. The van der Waals surface area contributed by atoms with E-state index in [2.05, 4.69) is 15.2 Å². The smallest absolute Gasteiger partial charge is 0.150 e. The van der Waals surface area contributed by atoms with Crippen LogP contribution in [0.25, 0.3) is 0 Å². The van der Waals surface area contributed by atoms with Crippen molar-refractivity contribution in [1.29, 1.82) is 0 Å². The second-order valence-corrected chi connectivity index (χ2v) is 4.89. The number of thioether (sulfide) groups is 1. The van der Waals surface area contributed by atoms with E-state index in [4.69, 9.17) is 5.73 Å². The number of halogens is 1. The van der Waals surface area contributed by atoms with Crippen LogP contribution in [0.4, 0.5) is 4.39 Å². The Morgan fingerprint density at radius 2 is 2.28 bits per heavy atom. The molecule has 0 amide bonds. The third kappa shape index (κ3) is 3.82. The van der Waals surface area contributed by atoms with E-state index in [0.29, 0.717) is 12.3 Å². The number of aryl methyl sites for hydroxylation is 1. The van der Waals surface area contributed by atoms with Crippen LogP contribution in [0, 0.1) is 5.82 Å². The third-order valence-corrected chi connectivity index (χ3v) is 3.36. The van der Waals surface area contributed by atoms with Crippen LogP contribution in [0.3, 0.4) is 0 Å². The molecule has 0 bridgehead atoms. The molecule has 3 N–H and O–H groups in total. The maximum Gasteiger partial charge on any atom is 0.150 e. The number of H-pyrrole nitrogens is 1. The predicted molar refractivity (Wildman–Crippen MR) is 69.7 cm³/mol. The maximum atomic E-state index is 13.0. The van der Waals surface area contributed by atoms with Crippen LogP contribution in [-0.4, -0.2) is 21.7 Å². The number of rotatable bonds is 6. The highest BCUT2D eigenvalue weighted by Gasteiger charge is 2.04. The lowest BCUT2D eigenvalue weighted by molar-refractivity contribution is 0.624. The number of aromatic amines is 1. The van der Waals surface area contributed by atoms with Crippen molar-refractivity contribution in [3.8, 4) is 0 Å². The van der Waals surface area contributed by atoms with Gasteiger partial charge in [-0.2, -0.15) is 5.10 Å². The molecule has 0 saturated carbocycles. The Balaban J connectivity index is 1.88. The number of nitrogens with one attached hydrogen (secondary N) is 1. The average molecular weight is 266 g/mol. The summed E-state index contributed by atoms with van der Waals surface area (Å²) in [6, 6.07) is 6.52. The van der Waals surface area contributed by atoms with Gasteiger partial charge in [-0.1, -0.05) is 6.07 Å². The number of nitrogens with two attached hydrogens (primary N) is 1. The van der Waals surface area contributed by atoms with Crippen molar-refractivity contribution in [3.63, 3.8) is 0 Å². The molecule has 2 rings (SSSR count). The first-order valence-corrected chi connectivity index (χ1v) is 6.75. The molecule has 4 nitrogen and oxygen atoms in total. The Kier molecular flexibility index (Phi) is 4.72. The van der Waals surface area contributed by atoms with Crippen molar-refractivity contribution < 1.29 is 4.39 Å². The summed E-state index contributed by atoms with van der Waals surface area (Å²) >= 11 is 1.53. The van der Waals surface area contributed by atoms with Crippen LogP contribution in [0.2, 0.25) is 0 Å².